The fraction of sp³-hybridized carbons (Fsp3) is 0.0625. The molecule has 0 aliphatic rings. The normalized spacial score (nSPS) is 11.3. The van der Waals surface area contributed by atoms with Crippen molar-refractivity contribution >= 4 is 27.7 Å². The summed E-state index contributed by atoms with van der Waals surface area (Å²) in [6, 6.07) is 13.3. The van der Waals surface area contributed by atoms with Crippen molar-refractivity contribution in [1.82, 2.24) is 0 Å². The van der Waals surface area contributed by atoms with Gasteiger partial charge >= 0.3 is 0 Å². The number of rotatable bonds is 6. The van der Waals surface area contributed by atoms with Crippen LogP contribution in [0.15, 0.2) is 53.9 Å². The smallest absolute Gasteiger partial charge is 0.255 e. The molecule has 0 aliphatic carbocycles. The Morgan fingerprint density at radius 2 is 1.87 bits per heavy atom. The van der Waals surface area contributed by atoms with Gasteiger partial charge in [0.25, 0.3) is 10.0 Å². The standard InChI is InChI=1S/C16H16N2O4S/c1-22-15-8-7-13(16(17)19)11-14(15)18-23(20,21)10-9-12-5-3-2-4-6-12/h2-11,18H,1H3,(H2,17,19). The van der Waals surface area contributed by atoms with E-state index >= 15 is 0 Å². The predicted molar refractivity (Wildman–Crippen MR) is 89.5 cm³/mol. The molecular formula is C16H16N2O4S. The number of benzene rings is 2. The highest BCUT2D eigenvalue weighted by atomic mass is 32.2. The highest BCUT2D eigenvalue weighted by Gasteiger charge is 2.13. The van der Waals surface area contributed by atoms with Crippen LogP contribution in [0.5, 0.6) is 5.75 Å². The molecule has 7 heteroatoms. The Balaban J connectivity index is 2.28. The molecule has 0 spiro atoms. The second-order valence-corrected chi connectivity index (χ2v) is 6.21. The number of primary amides is 1. The zero-order valence-corrected chi connectivity index (χ0v) is 13.2. The van der Waals surface area contributed by atoms with Gasteiger partial charge in [-0.25, -0.2) is 8.42 Å². The van der Waals surface area contributed by atoms with Crippen molar-refractivity contribution in [2.24, 2.45) is 5.73 Å². The van der Waals surface area contributed by atoms with Crippen molar-refractivity contribution in [3.8, 4) is 5.75 Å². The first-order valence-corrected chi connectivity index (χ1v) is 8.20. The van der Waals surface area contributed by atoms with Crippen LogP contribution in [-0.2, 0) is 10.0 Å². The van der Waals surface area contributed by atoms with Gasteiger partial charge in [-0.2, -0.15) is 0 Å². The molecule has 3 N–H and O–H groups in total. The van der Waals surface area contributed by atoms with Gasteiger partial charge in [-0.05, 0) is 29.8 Å². The number of sulfonamides is 1. The fourth-order valence-corrected chi connectivity index (χ4v) is 2.73. The first-order valence-electron chi connectivity index (χ1n) is 6.65. The topological polar surface area (TPSA) is 98.5 Å². The van der Waals surface area contributed by atoms with E-state index in [-0.39, 0.29) is 17.0 Å². The molecule has 2 aromatic carbocycles. The fourth-order valence-electron chi connectivity index (χ4n) is 1.86. The minimum atomic E-state index is -3.77. The first kappa shape index (κ1) is 16.6. The molecule has 0 aromatic heterocycles. The Morgan fingerprint density at radius 3 is 2.48 bits per heavy atom. The van der Waals surface area contributed by atoms with Crippen molar-refractivity contribution in [2.75, 3.05) is 11.8 Å². The minimum Gasteiger partial charge on any atom is -0.495 e. The molecule has 0 atom stereocenters. The van der Waals surface area contributed by atoms with E-state index in [0.717, 1.165) is 11.0 Å². The number of carbonyl (C=O) groups excluding carboxylic acids is 1. The van der Waals surface area contributed by atoms with Gasteiger partial charge < -0.3 is 10.5 Å². The number of amides is 1. The second kappa shape index (κ2) is 6.97. The Hall–Kier alpha value is -2.80. The van der Waals surface area contributed by atoms with Crippen LogP contribution in [0, 0.1) is 0 Å². The molecule has 23 heavy (non-hydrogen) atoms. The maximum atomic E-state index is 12.2. The van der Waals surface area contributed by atoms with Crippen LogP contribution < -0.4 is 15.2 Å². The van der Waals surface area contributed by atoms with Crippen LogP contribution in [0.4, 0.5) is 5.69 Å². The number of hydrogen-bond donors (Lipinski definition) is 2. The zero-order chi connectivity index (χ0) is 16.9. The van der Waals surface area contributed by atoms with Crippen molar-refractivity contribution in [3.63, 3.8) is 0 Å². The predicted octanol–water partition coefficient (Wildman–Crippen LogP) is 2.21. The molecule has 0 bridgehead atoms. The van der Waals surface area contributed by atoms with Gasteiger partial charge in [0.2, 0.25) is 5.91 Å². The van der Waals surface area contributed by atoms with Gasteiger partial charge in [-0.3, -0.25) is 9.52 Å². The maximum Gasteiger partial charge on any atom is 0.255 e. The van der Waals surface area contributed by atoms with E-state index in [1.165, 1.54) is 31.4 Å². The third-order valence-electron chi connectivity index (χ3n) is 2.98. The lowest BCUT2D eigenvalue weighted by atomic mass is 10.2. The third-order valence-corrected chi connectivity index (χ3v) is 3.97. The molecule has 120 valence electrons. The average molecular weight is 332 g/mol. The lowest BCUT2D eigenvalue weighted by molar-refractivity contribution is 0.100. The first-order chi connectivity index (χ1) is 10.9. The number of methoxy groups -OCH3 is 1. The zero-order valence-electron chi connectivity index (χ0n) is 12.4. The largest absolute Gasteiger partial charge is 0.495 e. The number of carbonyl (C=O) groups is 1. The summed E-state index contributed by atoms with van der Waals surface area (Å²) in [6.45, 7) is 0. The summed E-state index contributed by atoms with van der Waals surface area (Å²) in [6.07, 6.45) is 1.47. The Labute approximate surface area is 134 Å². The minimum absolute atomic E-state index is 0.140. The second-order valence-electron chi connectivity index (χ2n) is 4.64. The van der Waals surface area contributed by atoms with Crippen LogP contribution in [0.25, 0.3) is 6.08 Å². The van der Waals surface area contributed by atoms with Gasteiger partial charge in [0.05, 0.1) is 18.2 Å². The van der Waals surface area contributed by atoms with Crippen molar-refractivity contribution in [3.05, 3.63) is 65.1 Å². The monoisotopic (exact) mass is 332 g/mol. The van der Waals surface area contributed by atoms with E-state index in [1.54, 1.807) is 24.3 Å². The number of ether oxygens (including phenoxy) is 1. The van der Waals surface area contributed by atoms with Gasteiger partial charge in [-0.15, -0.1) is 0 Å². The van der Waals surface area contributed by atoms with Crippen LogP contribution in [-0.4, -0.2) is 21.4 Å². The van der Waals surface area contributed by atoms with Crippen LogP contribution in [0.3, 0.4) is 0 Å². The van der Waals surface area contributed by atoms with Gasteiger partial charge in [0.1, 0.15) is 5.75 Å². The number of nitrogens with two attached hydrogens (primary N) is 1. The van der Waals surface area contributed by atoms with E-state index in [1.807, 2.05) is 6.07 Å². The van der Waals surface area contributed by atoms with Crippen LogP contribution in [0.1, 0.15) is 15.9 Å². The van der Waals surface area contributed by atoms with Crippen molar-refractivity contribution < 1.29 is 17.9 Å². The molecular weight excluding hydrogens is 316 g/mol. The molecule has 0 unspecified atom stereocenters. The highest BCUT2D eigenvalue weighted by molar-refractivity contribution is 7.95. The van der Waals surface area contributed by atoms with E-state index in [4.69, 9.17) is 10.5 Å². The summed E-state index contributed by atoms with van der Waals surface area (Å²) in [5.41, 5.74) is 6.26. The van der Waals surface area contributed by atoms with Crippen molar-refractivity contribution in [1.29, 1.82) is 0 Å². The molecule has 0 aliphatic heterocycles. The molecule has 0 saturated carbocycles. The summed E-state index contributed by atoms with van der Waals surface area (Å²) < 4.78 is 31.7. The lowest BCUT2D eigenvalue weighted by Crippen LogP contribution is -2.14. The summed E-state index contributed by atoms with van der Waals surface area (Å²) >= 11 is 0. The summed E-state index contributed by atoms with van der Waals surface area (Å²) in [5.74, 6) is -0.375. The van der Waals surface area contributed by atoms with E-state index in [0.29, 0.717) is 0 Å². The quantitative estimate of drug-likeness (QED) is 0.847. The van der Waals surface area contributed by atoms with Gasteiger partial charge in [0, 0.05) is 5.56 Å². The molecule has 2 rings (SSSR count). The van der Waals surface area contributed by atoms with Gasteiger partial charge in [-0.1, -0.05) is 30.3 Å². The van der Waals surface area contributed by atoms with Crippen LogP contribution >= 0.6 is 0 Å². The lowest BCUT2D eigenvalue weighted by Gasteiger charge is -2.11. The molecule has 0 fully saturated rings. The third kappa shape index (κ3) is 4.58. The van der Waals surface area contributed by atoms with E-state index < -0.39 is 15.9 Å². The molecule has 6 nitrogen and oxygen atoms in total. The Bertz CT molecular complexity index is 830. The van der Waals surface area contributed by atoms with E-state index in [9.17, 15) is 13.2 Å². The highest BCUT2D eigenvalue weighted by Crippen LogP contribution is 2.26. The average Bonchev–Trinajstić information content (AvgIpc) is 2.53. The van der Waals surface area contributed by atoms with Crippen LogP contribution in [0.2, 0.25) is 0 Å². The number of nitrogens with one attached hydrogen (secondary N) is 1. The Morgan fingerprint density at radius 1 is 1.17 bits per heavy atom. The SMILES string of the molecule is COc1ccc(C(N)=O)cc1NS(=O)(=O)C=Cc1ccccc1. The molecule has 0 heterocycles. The Kier molecular flexibility index (Phi) is 5.02. The summed E-state index contributed by atoms with van der Waals surface area (Å²) in [7, 11) is -2.37. The van der Waals surface area contributed by atoms with E-state index in [2.05, 4.69) is 4.72 Å². The molecule has 1 amide bonds. The summed E-state index contributed by atoms with van der Waals surface area (Å²) in [5, 5.41) is 1.04. The molecule has 0 radical (unpaired) electrons. The molecule has 2 aromatic rings. The number of hydrogen-bond acceptors (Lipinski definition) is 4. The summed E-state index contributed by atoms with van der Waals surface area (Å²) in [4.78, 5) is 11.2. The molecule has 0 saturated heterocycles. The number of anilines is 1. The maximum absolute atomic E-state index is 12.2. The van der Waals surface area contributed by atoms with Crippen molar-refractivity contribution in [2.45, 2.75) is 0 Å². The van der Waals surface area contributed by atoms with Gasteiger partial charge in [0.15, 0.2) is 0 Å².